The highest BCUT2D eigenvalue weighted by Gasteiger charge is 2.23. The van der Waals surface area contributed by atoms with Crippen LogP contribution in [0.25, 0.3) is 110 Å². The maximum Gasteiger partial charge on any atom is 0.164 e. The Kier molecular flexibility index (Phi) is 7.64. The lowest BCUT2D eigenvalue weighted by Crippen LogP contribution is -2.01. The largest absolute Gasteiger partial charge is 0.455 e. The van der Waals surface area contributed by atoms with Crippen molar-refractivity contribution in [3.8, 4) is 67.5 Å². The van der Waals surface area contributed by atoms with E-state index in [1.54, 1.807) is 0 Å². The van der Waals surface area contributed by atoms with Crippen molar-refractivity contribution < 1.29 is 4.42 Å². The van der Waals surface area contributed by atoms with Crippen LogP contribution in [0.15, 0.2) is 192 Å². The molecule has 0 saturated heterocycles. The number of para-hydroxylation sites is 1. The molecule has 0 aliphatic carbocycles. The van der Waals surface area contributed by atoms with Gasteiger partial charge < -0.3 is 4.42 Å². The maximum absolute atomic E-state index is 7.17. The standard InChI is InChI=1S/C51H31N3OS/c1-4-14-32(15-5-1)35-20-12-21-37(30-35)46-42(51-53-49(33-16-6-2-7-17-33)52-50(54-51)34-18-8-3-9-19-34)28-27-41-40-24-13-23-38(47(40)55-48(41)46)36-26-29-45-43(31-36)39-22-10-11-25-44(39)56-45/h1-31H. The van der Waals surface area contributed by atoms with Gasteiger partial charge in [-0.25, -0.2) is 15.0 Å². The minimum absolute atomic E-state index is 0.579. The highest BCUT2D eigenvalue weighted by Crippen LogP contribution is 2.45. The van der Waals surface area contributed by atoms with E-state index in [0.29, 0.717) is 17.5 Å². The van der Waals surface area contributed by atoms with Crippen LogP contribution < -0.4 is 0 Å². The number of rotatable bonds is 6. The van der Waals surface area contributed by atoms with Gasteiger partial charge in [0, 0.05) is 58.8 Å². The fourth-order valence-electron chi connectivity index (χ4n) is 7.87. The molecule has 0 fully saturated rings. The first-order valence-electron chi connectivity index (χ1n) is 18.7. The highest BCUT2D eigenvalue weighted by atomic mass is 32.1. The monoisotopic (exact) mass is 733 g/mol. The molecule has 0 spiro atoms. The molecule has 3 heterocycles. The van der Waals surface area contributed by atoms with Crippen LogP contribution in [0.5, 0.6) is 0 Å². The number of furan rings is 1. The lowest BCUT2D eigenvalue weighted by Gasteiger charge is -2.13. The normalized spacial score (nSPS) is 11.6. The van der Waals surface area contributed by atoms with E-state index in [1.165, 1.54) is 20.2 Å². The minimum Gasteiger partial charge on any atom is -0.455 e. The molecule has 0 aliphatic rings. The van der Waals surface area contributed by atoms with Gasteiger partial charge in [0.25, 0.3) is 0 Å². The van der Waals surface area contributed by atoms with E-state index in [2.05, 4.69) is 121 Å². The fourth-order valence-corrected chi connectivity index (χ4v) is 8.96. The Morgan fingerprint density at radius 2 is 0.893 bits per heavy atom. The average molecular weight is 734 g/mol. The molecule has 56 heavy (non-hydrogen) atoms. The summed E-state index contributed by atoms with van der Waals surface area (Å²) in [6, 6.07) is 65.6. The van der Waals surface area contributed by atoms with Gasteiger partial charge in [-0.15, -0.1) is 11.3 Å². The smallest absolute Gasteiger partial charge is 0.164 e. The van der Waals surface area contributed by atoms with E-state index in [1.807, 2.05) is 78.1 Å². The summed E-state index contributed by atoms with van der Waals surface area (Å²) in [5.74, 6) is 1.80. The van der Waals surface area contributed by atoms with E-state index < -0.39 is 0 Å². The van der Waals surface area contributed by atoms with Crippen molar-refractivity contribution in [1.29, 1.82) is 0 Å². The zero-order chi connectivity index (χ0) is 37.0. The number of thiophene rings is 1. The second kappa shape index (κ2) is 13.3. The van der Waals surface area contributed by atoms with Gasteiger partial charge in [-0.05, 0) is 58.7 Å². The minimum atomic E-state index is 0.579. The third kappa shape index (κ3) is 5.48. The Bertz CT molecular complexity index is 3180. The summed E-state index contributed by atoms with van der Waals surface area (Å²) in [5.41, 5.74) is 10.7. The van der Waals surface area contributed by atoms with Crippen molar-refractivity contribution in [1.82, 2.24) is 15.0 Å². The third-order valence-electron chi connectivity index (χ3n) is 10.6. The summed E-state index contributed by atoms with van der Waals surface area (Å²) in [5, 5.41) is 4.63. The van der Waals surface area contributed by atoms with E-state index in [4.69, 9.17) is 19.4 Å². The lowest BCUT2D eigenvalue weighted by molar-refractivity contribution is 0.671. The predicted molar refractivity (Wildman–Crippen MR) is 233 cm³/mol. The van der Waals surface area contributed by atoms with E-state index in [0.717, 1.165) is 72.0 Å². The quantitative estimate of drug-likeness (QED) is 0.171. The van der Waals surface area contributed by atoms with E-state index in [-0.39, 0.29) is 0 Å². The molecule has 0 saturated carbocycles. The zero-order valence-corrected chi connectivity index (χ0v) is 30.9. The Hall–Kier alpha value is -7.21. The fraction of sp³-hybridized carbons (Fsp3) is 0. The molecule has 8 aromatic carbocycles. The SMILES string of the molecule is c1ccc(-c2cccc(-c3c(-c4nc(-c5ccccc5)nc(-c5ccccc5)n4)ccc4c3oc3c(-c5ccc6sc7ccccc7c6c5)cccc34)c2)cc1. The Morgan fingerprint density at radius 1 is 0.321 bits per heavy atom. The number of benzene rings is 8. The summed E-state index contributed by atoms with van der Waals surface area (Å²) < 4.78 is 9.74. The molecule has 3 aromatic heterocycles. The molecular formula is C51H31N3OS. The van der Waals surface area contributed by atoms with Gasteiger partial charge in [0.1, 0.15) is 11.2 Å². The van der Waals surface area contributed by atoms with Crippen molar-refractivity contribution in [3.05, 3.63) is 188 Å². The second-order valence-electron chi connectivity index (χ2n) is 13.9. The van der Waals surface area contributed by atoms with Gasteiger partial charge in [0.15, 0.2) is 17.5 Å². The molecule has 11 aromatic rings. The number of fused-ring (bicyclic) bond motifs is 6. The van der Waals surface area contributed by atoms with Crippen LogP contribution in [-0.2, 0) is 0 Å². The van der Waals surface area contributed by atoms with Crippen LogP contribution in [0, 0.1) is 0 Å². The summed E-state index contributed by atoms with van der Waals surface area (Å²) >= 11 is 1.83. The molecule has 262 valence electrons. The molecule has 4 nitrogen and oxygen atoms in total. The molecule has 0 amide bonds. The van der Waals surface area contributed by atoms with Crippen LogP contribution in [0.3, 0.4) is 0 Å². The second-order valence-corrected chi connectivity index (χ2v) is 15.0. The van der Waals surface area contributed by atoms with Gasteiger partial charge in [-0.2, -0.15) is 0 Å². The molecular weight excluding hydrogens is 703 g/mol. The predicted octanol–water partition coefficient (Wildman–Crippen LogP) is 14.1. The number of hydrogen-bond acceptors (Lipinski definition) is 5. The lowest BCUT2D eigenvalue weighted by atomic mass is 9.93. The summed E-state index contributed by atoms with van der Waals surface area (Å²) in [6.45, 7) is 0. The van der Waals surface area contributed by atoms with Crippen molar-refractivity contribution in [3.63, 3.8) is 0 Å². The molecule has 5 heteroatoms. The maximum atomic E-state index is 7.17. The third-order valence-corrected chi connectivity index (χ3v) is 11.7. The van der Waals surface area contributed by atoms with E-state index >= 15 is 0 Å². The summed E-state index contributed by atoms with van der Waals surface area (Å²) in [6.07, 6.45) is 0. The van der Waals surface area contributed by atoms with Gasteiger partial charge >= 0.3 is 0 Å². The van der Waals surface area contributed by atoms with Crippen molar-refractivity contribution in [2.75, 3.05) is 0 Å². The molecule has 0 aliphatic heterocycles. The molecule has 0 N–H and O–H groups in total. The molecule has 0 radical (unpaired) electrons. The summed E-state index contributed by atoms with van der Waals surface area (Å²) in [4.78, 5) is 15.3. The van der Waals surface area contributed by atoms with Crippen molar-refractivity contribution >= 4 is 53.4 Å². The Labute approximate surface area is 327 Å². The number of aromatic nitrogens is 3. The molecule has 11 rings (SSSR count). The average Bonchev–Trinajstić information content (AvgIpc) is 3.85. The first-order chi connectivity index (χ1) is 27.7. The molecule has 0 bridgehead atoms. The van der Waals surface area contributed by atoms with Crippen molar-refractivity contribution in [2.45, 2.75) is 0 Å². The van der Waals surface area contributed by atoms with Crippen LogP contribution >= 0.6 is 11.3 Å². The van der Waals surface area contributed by atoms with Crippen LogP contribution in [0.4, 0.5) is 0 Å². The molecule has 0 atom stereocenters. The van der Waals surface area contributed by atoms with Gasteiger partial charge in [0.05, 0.1) is 0 Å². The number of nitrogens with zero attached hydrogens (tertiary/aromatic N) is 3. The van der Waals surface area contributed by atoms with Gasteiger partial charge in [0.2, 0.25) is 0 Å². The highest BCUT2D eigenvalue weighted by molar-refractivity contribution is 7.25. The first-order valence-corrected chi connectivity index (χ1v) is 19.5. The Balaban J connectivity index is 1.18. The van der Waals surface area contributed by atoms with Crippen LogP contribution in [-0.4, -0.2) is 15.0 Å². The first kappa shape index (κ1) is 32.2. The van der Waals surface area contributed by atoms with Crippen LogP contribution in [0.1, 0.15) is 0 Å². The van der Waals surface area contributed by atoms with E-state index in [9.17, 15) is 0 Å². The molecule has 0 unspecified atom stereocenters. The summed E-state index contributed by atoms with van der Waals surface area (Å²) in [7, 11) is 0. The number of hydrogen-bond donors (Lipinski definition) is 0. The van der Waals surface area contributed by atoms with Crippen molar-refractivity contribution in [2.24, 2.45) is 0 Å². The van der Waals surface area contributed by atoms with Gasteiger partial charge in [-0.3, -0.25) is 0 Å². The van der Waals surface area contributed by atoms with Gasteiger partial charge in [-0.1, -0.05) is 152 Å². The van der Waals surface area contributed by atoms with Crippen LogP contribution in [0.2, 0.25) is 0 Å². The Morgan fingerprint density at radius 3 is 1.64 bits per heavy atom. The topological polar surface area (TPSA) is 51.8 Å². The zero-order valence-electron chi connectivity index (χ0n) is 30.1.